The second-order valence-corrected chi connectivity index (χ2v) is 8.23. The summed E-state index contributed by atoms with van der Waals surface area (Å²) in [6.45, 7) is 4.29. The molecule has 0 radical (unpaired) electrons. The SMILES string of the molecule is O=C(NCC(c1ccccc1)N1CCOCC1)C1CCCN1C(=O)Cc1ccccc1. The Morgan fingerprint density at radius 2 is 1.65 bits per heavy atom. The summed E-state index contributed by atoms with van der Waals surface area (Å²) in [7, 11) is 0. The Hall–Kier alpha value is -2.70. The van der Waals surface area contributed by atoms with Crippen LogP contribution in [0.4, 0.5) is 0 Å². The third kappa shape index (κ3) is 5.51. The van der Waals surface area contributed by atoms with Crippen molar-refractivity contribution < 1.29 is 14.3 Å². The number of nitrogens with zero attached hydrogens (tertiary/aromatic N) is 2. The summed E-state index contributed by atoms with van der Waals surface area (Å²) < 4.78 is 5.51. The van der Waals surface area contributed by atoms with Crippen LogP contribution in [-0.2, 0) is 20.7 Å². The zero-order valence-corrected chi connectivity index (χ0v) is 17.9. The molecule has 4 rings (SSSR count). The van der Waals surface area contributed by atoms with Crippen molar-refractivity contribution >= 4 is 11.8 Å². The van der Waals surface area contributed by atoms with Crippen LogP contribution in [0.5, 0.6) is 0 Å². The maximum absolute atomic E-state index is 13.1. The van der Waals surface area contributed by atoms with Crippen molar-refractivity contribution in [1.29, 1.82) is 0 Å². The van der Waals surface area contributed by atoms with Crippen molar-refractivity contribution in [3.8, 4) is 0 Å². The predicted octanol–water partition coefficient (Wildman–Crippen LogP) is 2.41. The molecule has 2 amide bonds. The molecule has 2 aliphatic heterocycles. The minimum atomic E-state index is -0.377. The Morgan fingerprint density at radius 1 is 0.968 bits per heavy atom. The van der Waals surface area contributed by atoms with Crippen LogP contribution in [0.15, 0.2) is 60.7 Å². The van der Waals surface area contributed by atoms with Crippen LogP contribution in [-0.4, -0.2) is 67.0 Å². The lowest BCUT2D eigenvalue weighted by Gasteiger charge is -2.35. The van der Waals surface area contributed by atoms with E-state index in [1.165, 1.54) is 5.56 Å². The molecule has 2 unspecified atom stereocenters. The number of rotatable bonds is 7. The van der Waals surface area contributed by atoms with Crippen molar-refractivity contribution in [2.45, 2.75) is 31.3 Å². The van der Waals surface area contributed by atoms with Gasteiger partial charge in [0.15, 0.2) is 0 Å². The molecule has 31 heavy (non-hydrogen) atoms. The first-order valence-corrected chi connectivity index (χ1v) is 11.2. The fraction of sp³-hybridized carbons (Fsp3) is 0.440. The van der Waals surface area contributed by atoms with E-state index in [9.17, 15) is 9.59 Å². The maximum Gasteiger partial charge on any atom is 0.242 e. The number of carbonyl (C=O) groups is 2. The van der Waals surface area contributed by atoms with Gasteiger partial charge in [-0.25, -0.2) is 0 Å². The fourth-order valence-corrected chi connectivity index (χ4v) is 4.55. The predicted molar refractivity (Wildman–Crippen MR) is 119 cm³/mol. The lowest BCUT2D eigenvalue weighted by Crippen LogP contribution is -2.49. The van der Waals surface area contributed by atoms with E-state index in [1.54, 1.807) is 4.90 Å². The Balaban J connectivity index is 1.39. The highest BCUT2D eigenvalue weighted by atomic mass is 16.5. The summed E-state index contributed by atoms with van der Waals surface area (Å²) in [4.78, 5) is 30.1. The summed E-state index contributed by atoms with van der Waals surface area (Å²) in [5, 5.41) is 3.15. The van der Waals surface area contributed by atoms with Crippen LogP contribution in [0, 0.1) is 0 Å². The summed E-state index contributed by atoms with van der Waals surface area (Å²) in [6, 6.07) is 19.7. The molecular formula is C25H31N3O3. The summed E-state index contributed by atoms with van der Waals surface area (Å²) in [6.07, 6.45) is 1.93. The van der Waals surface area contributed by atoms with Gasteiger partial charge >= 0.3 is 0 Å². The highest BCUT2D eigenvalue weighted by molar-refractivity contribution is 5.89. The summed E-state index contributed by atoms with van der Waals surface area (Å²) >= 11 is 0. The van der Waals surface area contributed by atoms with E-state index in [0.717, 1.165) is 31.5 Å². The number of hydrogen-bond acceptors (Lipinski definition) is 4. The number of likely N-dealkylation sites (tertiary alicyclic amines) is 1. The molecule has 2 saturated heterocycles. The summed E-state index contributed by atoms with van der Waals surface area (Å²) in [5.74, 6) is -0.0234. The van der Waals surface area contributed by atoms with Crippen LogP contribution >= 0.6 is 0 Å². The fourth-order valence-electron chi connectivity index (χ4n) is 4.55. The monoisotopic (exact) mass is 421 g/mol. The molecular weight excluding hydrogens is 390 g/mol. The number of amides is 2. The van der Waals surface area contributed by atoms with Gasteiger partial charge in [0.25, 0.3) is 0 Å². The molecule has 0 spiro atoms. The van der Waals surface area contributed by atoms with E-state index in [0.29, 0.717) is 32.7 Å². The zero-order valence-electron chi connectivity index (χ0n) is 17.9. The Labute approximate surface area is 184 Å². The van der Waals surface area contributed by atoms with E-state index in [2.05, 4.69) is 22.3 Å². The molecule has 2 atom stereocenters. The normalized spacial score (nSPS) is 20.4. The van der Waals surface area contributed by atoms with Crippen molar-refractivity contribution in [3.05, 3.63) is 71.8 Å². The standard InChI is InChI=1S/C25H31N3O3/c29-24(18-20-8-3-1-4-9-20)28-13-7-12-22(28)25(30)26-19-23(21-10-5-2-6-11-21)27-14-16-31-17-15-27/h1-6,8-11,22-23H,7,12-19H2,(H,26,30). The molecule has 2 aromatic rings. The maximum atomic E-state index is 13.1. The summed E-state index contributed by atoms with van der Waals surface area (Å²) in [5.41, 5.74) is 2.17. The molecule has 6 nitrogen and oxygen atoms in total. The van der Waals surface area contributed by atoms with E-state index in [1.807, 2.05) is 48.5 Å². The largest absolute Gasteiger partial charge is 0.379 e. The quantitative estimate of drug-likeness (QED) is 0.746. The minimum Gasteiger partial charge on any atom is -0.379 e. The van der Waals surface area contributed by atoms with Crippen LogP contribution < -0.4 is 5.32 Å². The average molecular weight is 422 g/mol. The van der Waals surface area contributed by atoms with Gasteiger partial charge in [0, 0.05) is 26.2 Å². The third-order valence-electron chi connectivity index (χ3n) is 6.21. The van der Waals surface area contributed by atoms with Gasteiger partial charge < -0.3 is 15.0 Å². The molecule has 6 heteroatoms. The first-order chi connectivity index (χ1) is 15.2. The number of ether oxygens (including phenoxy) is 1. The van der Waals surface area contributed by atoms with E-state index in [-0.39, 0.29) is 23.9 Å². The van der Waals surface area contributed by atoms with Gasteiger partial charge in [-0.2, -0.15) is 0 Å². The van der Waals surface area contributed by atoms with Crippen LogP contribution in [0.25, 0.3) is 0 Å². The third-order valence-corrected chi connectivity index (χ3v) is 6.21. The van der Waals surface area contributed by atoms with Crippen molar-refractivity contribution in [2.75, 3.05) is 39.4 Å². The lowest BCUT2D eigenvalue weighted by atomic mass is 10.0. The second-order valence-electron chi connectivity index (χ2n) is 8.23. The van der Waals surface area contributed by atoms with Gasteiger partial charge in [0.05, 0.1) is 25.7 Å². The van der Waals surface area contributed by atoms with Gasteiger partial charge in [-0.3, -0.25) is 14.5 Å². The minimum absolute atomic E-state index is 0.0247. The zero-order chi connectivity index (χ0) is 21.5. The highest BCUT2D eigenvalue weighted by Gasteiger charge is 2.34. The number of benzene rings is 2. The molecule has 2 aromatic carbocycles. The number of carbonyl (C=O) groups excluding carboxylic acids is 2. The first-order valence-electron chi connectivity index (χ1n) is 11.2. The molecule has 0 aromatic heterocycles. The van der Waals surface area contributed by atoms with Crippen molar-refractivity contribution in [2.24, 2.45) is 0 Å². The van der Waals surface area contributed by atoms with E-state index < -0.39 is 0 Å². The number of hydrogen-bond donors (Lipinski definition) is 1. The molecule has 1 N–H and O–H groups in total. The second kappa shape index (κ2) is 10.6. The Morgan fingerprint density at radius 3 is 2.35 bits per heavy atom. The number of nitrogens with one attached hydrogen (secondary N) is 1. The number of morpholine rings is 1. The smallest absolute Gasteiger partial charge is 0.242 e. The Bertz CT molecular complexity index is 853. The van der Waals surface area contributed by atoms with Gasteiger partial charge in [-0.05, 0) is 24.0 Å². The van der Waals surface area contributed by atoms with Gasteiger partial charge in [0.2, 0.25) is 11.8 Å². The van der Waals surface area contributed by atoms with Crippen LogP contribution in [0.3, 0.4) is 0 Å². The first kappa shape index (κ1) is 21.5. The van der Waals surface area contributed by atoms with Crippen LogP contribution in [0.2, 0.25) is 0 Å². The van der Waals surface area contributed by atoms with Crippen LogP contribution in [0.1, 0.15) is 30.0 Å². The van der Waals surface area contributed by atoms with E-state index in [4.69, 9.17) is 4.74 Å². The molecule has 0 aliphatic carbocycles. The molecule has 2 fully saturated rings. The molecule has 164 valence electrons. The average Bonchev–Trinajstić information content (AvgIpc) is 3.32. The molecule has 0 bridgehead atoms. The topological polar surface area (TPSA) is 61.9 Å². The molecule has 0 saturated carbocycles. The van der Waals surface area contributed by atoms with Gasteiger partial charge in [-0.15, -0.1) is 0 Å². The molecule has 2 heterocycles. The Kier molecular flexibility index (Phi) is 7.33. The van der Waals surface area contributed by atoms with Crippen molar-refractivity contribution in [3.63, 3.8) is 0 Å². The van der Waals surface area contributed by atoms with Gasteiger partial charge in [0.1, 0.15) is 6.04 Å². The van der Waals surface area contributed by atoms with Crippen molar-refractivity contribution in [1.82, 2.24) is 15.1 Å². The lowest BCUT2D eigenvalue weighted by molar-refractivity contribution is -0.138. The van der Waals surface area contributed by atoms with E-state index >= 15 is 0 Å². The van der Waals surface area contributed by atoms with Gasteiger partial charge in [-0.1, -0.05) is 60.7 Å². The highest BCUT2D eigenvalue weighted by Crippen LogP contribution is 2.23. The molecule has 2 aliphatic rings.